The van der Waals surface area contributed by atoms with E-state index in [-0.39, 0.29) is 18.6 Å². The molecule has 0 saturated carbocycles. The van der Waals surface area contributed by atoms with Gasteiger partial charge in [0, 0.05) is 18.6 Å². The number of carbonyl (C=O) groups is 3. The van der Waals surface area contributed by atoms with Gasteiger partial charge in [0.05, 0.1) is 6.04 Å². The van der Waals surface area contributed by atoms with Crippen molar-refractivity contribution in [3.8, 4) is 5.75 Å². The second-order valence-corrected chi connectivity index (χ2v) is 8.06. The minimum atomic E-state index is -0.970. The number of hydrogen-bond donors (Lipinski definition) is 5. The molecule has 3 atom stereocenters. The number of carbonyl (C=O) groups excluding carboxylic acids is 3. The Morgan fingerprint density at radius 1 is 0.903 bits per heavy atom. The number of thioether (sulfide) groups is 1. The van der Waals surface area contributed by atoms with Crippen LogP contribution in [0.25, 0.3) is 0 Å². The normalized spacial score (nSPS) is 13.6. The Labute approximate surface area is 185 Å². The average molecular weight is 445 g/mol. The van der Waals surface area contributed by atoms with Crippen LogP contribution >= 0.6 is 11.8 Å². The molecule has 0 heterocycles. The van der Waals surface area contributed by atoms with Crippen LogP contribution in [0, 0.1) is 0 Å². The lowest BCUT2D eigenvalue weighted by molar-refractivity contribution is -0.131. The third-order valence-electron chi connectivity index (χ3n) is 4.63. The number of rotatable bonds is 11. The summed E-state index contributed by atoms with van der Waals surface area (Å²) in [7, 11) is 0. The second-order valence-electron chi connectivity index (χ2n) is 7.15. The fourth-order valence-corrected chi connectivity index (χ4v) is 3.47. The molecule has 166 valence electrons. The van der Waals surface area contributed by atoms with Gasteiger partial charge in [-0.05, 0) is 29.5 Å². The lowest BCUT2D eigenvalue weighted by Gasteiger charge is -2.23. The largest absolute Gasteiger partial charge is 0.508 e. The van der Waals surface area contributed by atoms with Gasteiger partial charge in [0.15, 0.2) is 0 Å². The van der Waals surface area contributed by atoms with E-state index in [1.165, 1.54) is 23.9 Å². The Hall–Kier alpha value is -3.04. The smallest absolute Gasteiger partial charge is 0.243 e. The number of nitrogens with one attached hydrogen (secondary N) is 2. The van der Waals surface area contributed by atoms with Crippen LogP contribution in [0.2, 0.25) is 0 Å². The van der Waals surface area contributed by atoms with E-state index in [9.17, 15) is 19.5 Å². The highest BCUT2D eigenvalue weighted by atomic mass is 32.2. The van der Waals surface area contributed by atoms with Gasteiger partial charge in [-0.15, -0.1) is 0 Å². The first kappa shape index (κ1) is 24.2. The monoisotopic (exact) mass is 444 g/mol. The van der Waals surface area contributed by atoms with E-state index in [1.54, 1.807) is 12.1 Å². The maximum Gasteiger partial charge on any atom is 0.243 e. The molecule has 0 aromatic heterocycles. The molecule has 0 saturated heterocycles. The van der Waals surface area contributed by atoms with E-state index in [2.05, 4.69) is 10.6 Å². The number of primary amides is 1. The molecule has 0 aliphatic rings. The zero-order valence-corrected chi connectivity index (χ0v) is 18.1. The summed E-state index contributed by atoms with van der Waals surface area (Å²) < 4.78 is 0. The zero-order valence-electron chi connectivity index (χ0n) is 17.3. The molecule has 2 aromatic carbocycles. The van der Waals surface area contributed by atoms with E-state index >= 15 is 0 Å². The Morgan fingerprint density at radius 2 is 1.45 bits per heavy atom. The molecule has 8 nitrogen and oxygen atoms in total. The number of nitrogens with two attached hydrogens (primary N) is 2. The summed E-state index contributed by atoms with van der Waals surface area (Å²) in [5.74, 6) is -1.19. The molecular weight excluding hydrogens is 416 g/mol. The highest BCUT2D eigenvalue weighted by Crippen LogP contribution is 2.12. The predicted molar refractivity (Wildman–Crippen MR) is 121 cm³/mol. The van der Waals surface area contributed by atoms with Gasteiger partial charge in [0.1, 0.15) is 17.8 Å². The van der Waals surface area contributed by atoms with Crippen LogP contribution < -0.4 is 22.1 Å². The van der Waals surface area contributed by atoms with E-state index in [0.717, 1.165) is 11.1 Å². The van der Waals surface area contributed by atoms with E-state index in [1.807, 2.05) is 36.6 Å². The van der Waals surface area contributed by atoms with Crippen LogP contribution in [-0.2, 0) is 27.2 Å². The van der Waals surface area contributed by atoms with Crippen molar-refractivity contribution < 1.29 is 19.5 Å². The Kier molecular flexibility index (Phi) is 9.36. The molecule has 7 N–H and O–H groups in total. The maximum absolute atomic E-state index is 13.0. The molecule has 2 aromatic rings. The third kappa shape index (κ3) is 7.95. The Morgan fingerprint density at radius 3 is 2.03 bits per heavy atom. The van der Waals surface area contributed by atoms with Crippen LogP contribution in [-0.4, -0.2) is 53.0 Å². The van der Waals surface area contributed by atoms with Crippen molar-refractivity contribution in [1.29, 1.82) is 0 Å². The van der Waals surface area contributed by atoms with E-state index < -0.39 is 35.8 Å². The molecule has 9 heteroatoms. The molecule has 0 spiro atoms. The van der Waals surface area contributed by atoms with Gasteiger partial charge in [-0.2, -0.15) is 11.8 Å². The Balaban J connectivity index is 2.16. The quantitative estimate of drug-likeness (QED) is 0.337. The van der Waals surface area contributed by atoms with Gasteiger partial charge < -0.3 is 27.2 Å². The summed E-state index contributed by atoms with van der Waals surface area (Å²) >= 11 is 1.42. The van der Waals surface area contributed by atoms with Gasteiger partial charge in [0.25, 0.3) is 0 Å². The minimum absolute atomic E-state index is 0.0902. The summed E-state index contributed by atoms with van der Waals surface area (Å²) in [6.07, 6.45) is 2.21. The number of phenols is 1. The molecule has 0 aliphatic carbocycles. The molecule has 2 rings (SSSR count). The van der Waals surface area contributed by atoms with Crippen molar-refractivity contribution in [2.24, 2.45) is 11.5 Å². The van der Waals surface area contributed by atoms with Gasteiger partial charge in [-0.3, -0.25) is 14.4 Å². The molecule has 31 heavy (non-hydrogen) atoms. The first-order valence-electron chi connectivity index (χ1n) is 9.76. The molecule has 0 unspecified atom stereocenters. The van der Waals surface area contributed by atoms with Crippen molar-refractivity contribution >= 4 is 29.5 Å². The lowest BCUT2D eigenvalue weighted by Crippen LogP contribution is -2.56. The second kappa shape index (κ2) is 12.0. The first-order chi connectivity index (χ1) is 14.8. The summed E-state index contributed by atoms with van der Waals surface area (Å²) in [5.41, 5.74) is 12.9. The van der Waals surface area contributed by atoms with Crippen molar-refractivity contribution in [2.45, 2.75) is 31.0 Å². The fraction of sp³-hybridized carbons (Fsp3) is 0.318. The highest BCUT2D eigenvalue weighted by Gasteiger charge is 2.27. The lowest BCUT2D eigenvalue weighted by atomic mass is 10.0. The van der Waals surface area contributed by atoms with Gasteiger partial charge >= 0.3 is 0 Å². The van der Waals surface area contributed by atoms with Crippen molar-refractivity contribution in [2.75, 3.05) is 12.0 Å². The van der Waals surface area contributed by atoms with Crippen LogP contribution in [0.15, 0.2) is 54.6 Å². The van der Waals surface area contributed by atoms with Gasteiger partial charge in [-0.25, -0.2) is 0 Å². The fourth-order valence-electron chi connectivity index (χ4n) is 2.96. The molecule has 3 amide bonds. The zero-order chi connectivity index (χ0) is 22.8. The predicted octanol–water partition coefficient (Wildman–Crippen LogP) is 0.323. The standard InChI is InChI=1S/C22H28N4O4S/c1-31-13-17(23)21(29)26-19(12-15-7-9-16(27)10-8-15)22(30)25-18(20(24)28)11-14-5-3-2-4-6-14/h2-10,17-19,27H,11-13,23H2,1H3,(H2,24,28)(H,25,30)(H,26,29)/t17-,18-,19-/m0/s1. The number of amides is 3. The topological polar surface area (TPSA) is 148 Å². The number of benzene rings is 2. The number of hydrogen-bond acceptors (Lipinski definition) is 6. The van der Waals surface area contributed by atoms with Crippen molar-refractivity contribution in [3.05, 3.63) is 65.7 Å². The maximum atomic E-state index is 13.0. The summed E-state index contributed by atoms with van der Waals surface area (Å²) in [4.78, 5) is 37.4. The average Bonchev–Trinajstić information content (AvgIpc) is 2.75. The number of phenolic OH excluding ortho intramolecular Hbond substituents is 1. The van der Waals surface area contributed by atoms with Crippen LogP contribution in [0.5, 0.6) is 5.75 Å². The summed E-state index contributed by atoms with van der Waals surface area (Å²) in [6, 6.07) is 12.8. The SMILES string of the molecule is CSC[C@H](N)C(=O)N[C@@H](Cc1ccc(O)cc1)C(=O)N[C@@H](Cc1ccccc1)C(N)=O. The number of aromatic hydroxyl groups is 1. The van der Waals surface area contributed by atoms with Crippen LogP contribution in [0.1, 0.15) is 11.1 Å². The van der Waals surface area contributed by atoms with E-state index in [4.69, 9.17) is 11.5 Å². The van der Waals surface area contributed by atoms with Crippen LogP contribution in [0.4, 0.5) is 0 Å². The third-order valence-corrected chi connectivity index (χ3v) is 5.33. The van der Waals surface area contributed by atoms with Crippen molar-refractivity contribution in [1.82, 2.24) is 10.6 Å². The van der Waals surface area contributed by atoms with Gasteiger partial charge in [-0.1, -0.05) is 42.5 Å². The molecule has 0 bridgehead atoms. The highest BCUT2D eigenvalue weighted by molar-refractivity contribution is 7.98. The first-order valence-corrected chi connectivity index (χ1v) is 11.2. The molecule has 0 fully saturated rings. The molecule has 0 aliphatic heterocycles. The Bertz CT molecular complexity index is 877. The molecule has 0 radical (unpaired) electrons. The van der Waals surface area contributed by atoms with Crippen molar-refractivity contribution in [3.63, 3.8) is 0 Å². The van der Waals surface area contributed by atoms with E-state index in [0.29, 0.717) is 5.75 Å². The molecular formula is C22H28N4O4S. The van der Waals surface area contributed by atoms with Crippen LogP contribution in [0.3, 0.4) is 0 Å². The summed E-state index contributed by atoms with van der Waals surface area (Å²) in [5, 5.41) is 14.8. The minimum Gasteiger partial charge on any atom is -0.508 e. The summed E-state index contributed by atoms with van der Waals surface area (Å²) in [6.45, 7) is 0. The van der Waals surface area contributed by atoms with Gasteiger partial charge in [0.2, 0.25) is 17.7 Å².